The number of benzene rings is 6. The fraction of sp³-hybridized carbons (Fsp3) is 0.333. The van der Waals surface area contributed by atoms with E-state index in [9.17, 15) is 0 Å². The highest BCUT2D eigenvalue weighted by atomic mass is 31.1. The summed E-state index contributed by atoms with van der Waals surface area (Å²) in [4.78, 5) is 0. The van der Waals surface area contributed by atoms with Crippen molar-refractivity contribution >= 4 is 60.4 Å². The standard InChI is InChI=1S/C54H60O8P2/c1-13-15-17-39-27-41(55-11)29-47(53(39)61-63-57-49-35(7)19-31(3)23-43(49)44-24-32(4)20-36(8)50(44)58-63)48-30-42(56-12)28-40(18-16-14-2)54(48)62-64-59-51-37(9)21-33(5)25-45(51)46-26-34(6)22-38(10)52(46)60-64/h19-30H,13-18H2,1-12H3. The van der Waals surface area contributed by atoms with Crippen LogP contribution in [0.4, 0.5) is 0 Å². The lowest BCUT2D eigenvalue weighted by molar-refractivity contribution is 0.411. The van der Waals surface area contributed by atoms with Crippen molar-refractivity contribution in [2.45, 2.75) is 108 Å². The van der Waals surface area contributed by atoms with Gasteiger partial charge >= 0.3 is 16.5 Å². The fourth-order valence-electron chi connectivity index (χ4n) is 8.94. The molecule has 0 aliphatic carbocycles. The van der Waals surface area contributed by atoms with Gasteiger partial charge in [0.15, 0.2) is 0 Å². The van der Waals surface area contributed by atoms with E-state index in [1.54, 1.807) is 14.2 Å². The molecular weight excluding hydrogens is 839 g/mol. The van der Waals surface area contributed by atoms with E-state index in [4.69, 9.17) is 35.3 Å². The van der Waals surface area contributed by atoms with Crippen molar-refractivity contribution < 1.29 is 35.3 Å². The normalized spacial score (nSPS) is 11.5. The number of rotatable bonds is 13. The van der Waals surface area contributed by atoms with Gasteiger partial charge in [-0.2, -0.15) is 0 Å². The van der Waals surface area contributed by atoms with Crippen molar-refractivity contribution in [3.05, 3.63) is 128 Å². The van der Waals surface area contributed by atoms with Crippen LogP contribution in [0, 0.1) is 55.4 Å². The molecule has 8 aromatic rings. The Morgan fingerprint density at radius 1 is 0.406 bits per heavy atom. The molecule has 0 fully saturated rings. The molecule has 0 radical (unpaired) electrons. The summed E-state index contributed by atoms with van der Waals surface area (Å²) in [6.45, 7) is 21.2. The zero-order valence-corrected chi connectivity index (χ0v) is 41.1. The molecule has 0 atom stereocenters. The zero-order valence-electron chi connectivity index (χ0n) is 39.3. The van der Waals surface area contributed by atoms with Crippen LogP contribution < -0.4 is 18.5 Å². The quantitative estimate of drug-likeness (QED) is 0.113. The Labute approximate surface area is 378 Å². The van der Waals surface area contributed by atoms with E-state index in [2.05, 4.69) is 130 Å². The third-order valence-corrected chi connectivity index (χ3v) is 13.9. The van der Waals surface area contributed by atoms with Gasteiger partial charge in [-0.1, -0.05) is 51.0 Å². The smallest absolute Gasteiger partial charge is 0.453 e. The summed E-state index contributed by atoms with van der Waals surface area (Å²) in [6.07, 6.45) is 5.29. The molecule has 334 valence electrons. The van der Waals surface area contributed by atoms with Gasteiger partial charge in [0.1, 0.15) is 45.3 Å². The van der Waals surface area contributed by atoms with Crippen LogP contribution in [0.2, 0.25) is 0 Å². The maximum absolute atomic E-state index is 7.25. The molecule has 0 bridgehead atoms. The third kappa shape index (κ3) is 9.01. The Morgan fingerprint density at radius 3 is 0.969 bits per heavy atom. The molecule has 10 heteroatoms. The molecular formula is C54H60O8P2. The van der Waals surface area contributed by atoms with Crippen LogP contribution in [0.5, 0.6) is 23.0 Å². The molecule has 0 aliphatic heterocycles. The van der Waals surface area contributed by atoms with E-state index < -0.39 is 16.5 Å². The second-order valence-corrected chi connectivity index (χ2v) is 19.4. The average molecular weight is 899 g/mol. The molecule has 0 amide bonds. The van der Waals surface area contributed by atoms with E-state index >= 15 is 0 Å². The topological polar surface area (TPSA) is 89.5 Å². The van der Waals surface area contributed by atoms with E-state index in [1.165, 1.54) is 0 Å². The van der Waals surface area contributed by atoms with Crippen LogP contribution in [0.15, 0.2) is 89.6 Å². The summed E-state index contributed by atoms with van der Waals surface area (Å²) < 4.78 is 54.3. The maximum atomic E-state index is 7.25. The van der Waals surface area contributed by atoms with Gasteiger partial charge in [-0.3, -0.25) is 0 Å². The Kier molecular flexibility index (Phi) is 13.2. The molecule has 2 heterocycles. The first kappa shape index (κ1) is 44.9. The van der Waals surface area contributed by atoms with Gasteiger partial charge < -0.3 is 35.3 Å². The molecule has 6 aromatic carbocycles. The number of hydrogen-bond acceptors (Lipinski definition) is 8. The van der Waals surface area contributed by atoms with Gasteiger partial charge in [0.25, 0.3) is 0 Å². The van der Waals surface area contributed by atoms with Gasteiger partial charge in [0, 0.05) is 32.7 Å². The summed E-state index contributed by atoms with van der Waals surface area (Å²) in [6, 6.07) is 25.4. The lowest BCUT2D eigenvalue weighted by Crippen LogP contribution is -2.00. The summed E-state index contributed by atoms with van der Waals surface area (Å²) in [5.41, 5.74) is 15.1. The lowest BCUT2D eigenvalue weighted by atomic mass is 9.94. The highest BCUT2D eigenvalue weighted by Gasteiger charge is 2.26. The molecule has 0 saturated heterocycles. The number of aryl methyl sites for hydroxylation is 10. The van der Waals surface area contributed by atoms with Gasteiger partial charge in [-0.15, -0.1) is 0 Å². The average Bonchev–Trinajstić information content (AvgIpc) is 3.51. The molecule has 2 aromatic heterocycles. The van der Waals surface area contributed by atoms with Crippen LogP contribution >= 0.6 is 16.5 Å². The molecule has 0 spiro atoms. The molecule has 0 aliphatic rings. The third-order valence-electron chi connectivity index (χ3n) is 11.9. The minimum Gasteiger partial charge on any atom is -0.497 e. The highest BCUT2D eigenvalue weighted by molar-refractivity contribution is 7.32. The van der Waals surface area contributed by atoms with Crippen LogP contribution in [-0.4, -0.2) is 14.2 Å². The first-order chi connectivity index (χ1) is 30.8. The molecule has 8 rings (SSSR count). The largest absolute Gasteiger partial charge is 0.497 e. The first-order valence-corrected chi connectivity index (χ1v) is 24.5. The minimum absolute atomic E-state index is 0.628. The first-order valence-electron chi connectivity index (χ1n) is 22.3. The van der Waals surface area contributed by atoms with Gasteiger partial charge in [-0.05, 0) is 185 Å². The predicted octanol–water partition coefficient (Wildman–Crippen LogP) is 17.4. The second-order valence-electron chi connectivity index (χ2n) is 17.4. The van der Waals surface area contributed by atoms with Crippen molar-refractivity contribution in [2.75, 3.05) is 14.2 Å². The summed E-state index contributed by atoms with van der Waals surface area (Å²) in [5, 5.41) is 3.95. The Hall–Kier alpha value is -5.68. The Morgan fingerprint density at radius 2 is 0.703 bits per heavy atom. The number of ether oxygens (including phenoxy) is 2. The van der Waals surface area contributed by atoms with Crippen molar-refractivity contribution in [1.29, 1.82) is 0 Å². The molecule has 8 nitrogen and oxygen atoms in total. The Balaban J connectivity index is 1.44. The number of unbranched alkanes of at least 4 members (excludes halogenated alkanes) is 2. The molecule has 64 heavy (non-hydrogen) atoms. The fourth-order valence-corrected chi connectivity index (χ4v) is 11.5. The summed E-state index contributed by atoms with van der Waals surface area (Å²) >= 11 is 0. The summed E-state index contributed by atoms with van der Waals surface area (Å²) in [7, 11) is -0.681. The molecule has 0 unspecified atom stereocenters. The zero-order chi connectivity index (χ0) is 45.4. The second kappa shape index (κ2) is 18.8. The van der Waals surface area contributed by atoms with Gasteiger partial charge in [-0.25, -0.2) is 0 Å². The van der Waals surface area contributed by atoms with Gasteiger partial charge in [0.2, 0.25) is 0 Å². The molecule has 0 saturated carbocycles. The number of hydrogen-bond donors (Lipinski definition) is 0. The minimum atomic E-state index is -2.04. The summed E-state index contributed by atoms with van der Waals surface area (Å²) in [5.74, 6) is 2.63. The van der Waals surface area contributed by atoms with Crippen molar-refractivity contribution in [2.24, 2.45) is 0 Å². The monoisotopic (exact) mass is 898 g/mol. The van der Waals surface area contributed by atoms with Crippen LogP contribution in [0.1, 0.15) is 95.2 Å². The Bertz CT molecular complexity index is 2810. The molecule has 0 N–H and O–H groups in total. The van der Waals surface area contributed by atoms with Crippen molar-refractivity contribution in [3.63, 3.8) is 0 Å². The lowest BCUT2D eigenvalue weighted by Gasteiger charge is -2.20. The van der Waals surface area contributed by atoms with Crippen LogP contribution in [0.3, 0.4) is 0 Å². The van der Waals surface area contributed by atoms with E-state index in [0.29, 0.717) is 23.0 Å². The van der Waals surface area contributed by atoms with Crippen molar-refractivity contribution in [1.82, 2.24) is 0 Å². The maximum Gasteiger partial charge on any atom is 0.453 e. The van der Waals surface area contributed by atoms with Crippen molar-refractivity contribution in [3.8, 4) is 34.1 Å². The highest BCUT2D eigenvalue weighted by Crippen LogP contribution is 2.51. The van der Waals surface area contributed by atoms with Crippen LogP contribution in [0.25, 0.3) is 55.0 Å². The van der Waals surface area contributed by atoms with E-state index in [0.717, 1.165) is 149 Å². The number of methoxy groups -OCH3 is 2. The van der Waals surface area contributed by atoms with Gasteiger partial charge in [0.05, 0.1) is 14.2 Å². The van der Waals surface area contributed by atoms with Crippen LogP contribution in [-0.2, 0) is 12.8 Å². The predicted molar refractivity (Wildman–Crippen MR) is 265 cm³/mol. The van der Waals surface area contributed by atoms with E-state index in [1.807, 2.05) is 12.1 Å². The van der Waals surface area contributed by atoms with E-state index in [-0.39, 0.29) is 0 Å². The number of fused-ring (bicyclic) bond motifs is 6. The SMILES string of the molecule is CCCCc1cc(OC)cc(-c2cc(OC)cc(CCCC)c2Op2oc3c(C)cc(C)cc3c3cc(C)cc(C)c3o2)c1Op1oc2c(C)cc(C)cc2c2cc(C)cc(C)c2o1.